The fourth-order valence-electron chi connectivity index (χ4n) is 8.54. The van der Waals surface area contributed by atoms with Crippen molar-refractivity contribution in [1.82, 2.24) is 9.80 Å². The second-order valence-corrected chi connectivity index (χ2v) is 32.1. The summed E-state index contributed by atoms with van der Waals surface area (Å²) in [5.74, 6) is 0.756. The van der Waals surface area contributed by atoms with Crippen LogP contribution < -0.4 is 18.9 Å². The van der Waals surface area contributed by atoms with Gasteiger partial charge in [-0.15, -0.1) is 0 Å². The number of rotatable bonds is 23. The second kappa shape index (κ2) is 22.8. The first-order valence-electron chi connectivity index (χ1n) is 25.1. The third-order valence-corrected chi connectivity index (χ3v) is 17.4. The summed E-state index contributed by atoms with van der Waals surface area (Å²) in [5.41, 5.74) is -0.0955. The predicted molar refractivity (Wildman–Crippen MR) is 281 cm³/mol. The van der Waals surface area contributed by atoms with Crippen LogP contribution in [0, 0.1) is 0 Å². The molecule has 0 saturated carbocycles. The van der Waals surface area contributed by atoms with Gasteiger partial charge in [-0.05, 0) is 127 Å². The zero-order valence-corrected chi connectivity index (χ0v) is 49.9. The zero-order valence-electron chi connectivity index (χ0n) is 47.1. The van der Waals surface area contributed by atoms with Crippen molar-refractivity contribution in [3.05, 3.63) is 46.5 Å². The lowest BCUT2D eigenvalue weighted by atomic mass is 9.97. The second-order valence-electron chi connectivity index (χ2n) is 23.9. The minimum atomic E-state index is -4.00. The predicted octanol–water partition coefficient (Wildman–Crippen LogP) is 14.0. The molecule has 4 atom stereocenters. The molecule has 2 heterocycles. The molecule has 0 N–H and O–H groups in total. The Labute approximate surface area is 423 Å². The lowest BCUT2D eigenvalue weighted by Gasteiger charge is -2.43. The lowest BCUT2D eigenvalue weighted by molar-refractivity contribution is -0.196. The highest BCUT2D eigenvalue weighted by molar-refractivity contribution is 7.54. The molecule has 15 nitrogen and oxygen atoms in total. The van der Waals surface area contributed by atoms with Crippen LogP contribution in [-0.2, 0) is 54.3 Å². The standard InChI is InChI=1S/C52H92N2O13P2Si/c1-23-41(37-26-28-43(57-18)39-32-59-51(16,24-2)62-45(37)39)53(35-68(55,64-47(4,5)6)65-48(7,8)9)30-31-54(36-69(56,66-49(10,11)12)67-50(13,14)15)42(34-61-70(20,21)22)38-27-29-44(58-19)40-33-60-52(17,25-3)63-46(38)40/h26-29,41-42H,23-25,30-36H2,1-22H3. The molecular weight excluding hydrogens is 951 g/mol. The normalized spacial score (nSPS) is 20.4. The molecule has 2 aromatic carbocycles. The van der Waals surface area contributed by atoms with Crippen LogP contribution in [0.4, 0.5) is 0 Å². The molecule has 0 bridgehead atoms. The third-order valence-electron chi connectivity index (χ3n) is 11.6. The van der Waals surface area contributed by atoms with Crippen molar-refractivity contribution >= 4 is 23.5 Å². The van der Waals surface area contributed by atoms with Crippen molar-refractivity contribution < 1.29 is 60.1 Å². The van der Waals surface area contributed by atoms with E-state index in [-0.39, 0.29) is 45.5 Å². The molecule has 4 rings (SSSR count). The molecule has 2 aliphatic heterocycles. The molecule has 18 heteroatoms. The minimum absolute atomic E-state index is 0.0891. The Balaban J connectivity index is 2.08. The fraction of sp³-hybridized carbons (Fsp3) is 0.769. The van der Waals surface area contributed by atoms with Crippen LogP contribution in [-0.4, -0.2) is 98.6 Å². The quantitative estimate of drug-likeness (QED) is 0.0769. The number of ether oxygens (including phenoxy) is 6. The SMILES string of the molecule is CCC(c1ccc(OC)c2c1OC(C)(CC)OC2)N(CCN(CP(=O)(OC(C)(C)C)OC(C)(C)C)C(CO[Si](C)(C)C)c1ccc(OC)c2c1OC(C)(CC)OC2)CP(=O)(OC(C)(C)C)OC(C)(C)C. The molecule has 0 aliphatic carbocycles. The van der Waals surface area contributed by atoms with Gasteiger partial charge < -0.3 is 50.9 Å². The molecule has 2 aliphatic rings. The summed E-state index contributed by atoms with van der Waals surface area (Å²) in [6.07, 6.45) is 1.54. The molecule has 0 aromatic heterocycles. The van der Waals surface area contributed by atoms with Crippen molar-refractivity contribution in [3.8, 4) is 23.0 Å². The van der Waals surface area contributed by atoms with Crippen molar-refractivity contribution in [2.45, 2.75) is 216 Å². The topological polar surface area (TPSA) is 142 Å². The van der Waals surface area contributed by atoms with Gasteiger partial charge in [0, 0.05) is 56.9 Å². The first-order valence-corrected chi connectivity index (χ1v) is 32.0. The van der Waals surface area contributed by atoms with E-state index in [2.05, 4.69) is 36.4 Å². The van der Waals surface area contributed by atoms with Crippen LogP contribution in [0.1, 0.15) is 171 Å². The van der Waals surface area contributed by atoms with Gasteiger partial charge in [-0.3, -0.25) is 18.9 Å². The summed E-state index contributed by atoms with van der Waals surface area (Å²) in [4.78, 5) is 4.29. The minimum Gasteiger partial charge on any atom is -0.496 e. The van der Waals surface area contributed by atoms with Crippen LogP contribution in [0.15, 0.2) is 24.3 Å². The highest BCUT2D eigenvalue weighted by atomic mass is 31.2. The van der Waals surface area contributed by atoms with Gasteiger partial charge in [0.1, 0.15) is 35.6 Å². The summed E-state index contributed by atoms with van der Waals surface area (Å²) in [5, 5.41) is 0. The summed E-state index contributed by atoms with van der Waals surface area (Å²) in [6.45, 7) is 40.3. The highest BCUT2D eigenvalue weighted by Crippen LogP contribution is 2.58. The average molecular weight is 1040 g/mol. The van der Waals surface area contributed by atoms with Gasteiger partial charge >= 0.3 is 15.2 Å². The molecule has 2 aromatic rings. The molecule has 0 saturated heterocycles. The van der Waals surface area contributed by atoms with E-state index < -0.39 is 69.6 Å². The lowest BCUT2D eigenvalue weighted by Crippen LogP contribution is -2.44. The maximum Gasteiger partial charge on any atom is 0.345 e. The van der Waals surface area contributed by atoms with Crippen LogP contribution in [0.3, 0.4) is 0 Å². The largest absolute Gasteiger partial charge is 0.496 e. The first kappa shape index (κ1) is 60.5. The Hall–Kier alpha value is -2.04. The Morgan fingerprint density at radius 2 is 0.943 bits per heavy atom. The summed E-state index contributed by atoms with van der Waals surface area (Å²) in [7, 11) is -6.89. The number of benzene rings is 2. The van der Waals surface area contributed by atoms with Gasteiger partial charge in [0.25, 0.3) is 0 Å². The van der Waals surface area contributed by atoms with E-state index in [4.69, 9.17) is 50.9 Å². The van der Waals surface area contributed by atoms with Crippen molar-refractivity contribution in [2.24, 2.45) is 0 Å². The maximum atomic E-state index is 15.7. The van der Waals surface area contributed by atoms with Gasteiger partial charge in [0.2, 0.25) is 11.6 Å². The third kappa shape index (κ3) is 17.3. The van der Waals surface area contributed by atoms with E-state index in [1.165, 1.54) is 0 Å². The van der Waals surface area contributed by atoms with E-state index in [1.807, 2.05) is 135 Å². The Bertz CT molecular complexity index is 2120. The maximum absolute atomic E-state index is 15.7. The Kier molecular flexibility index (Phi) is 19.7. The van der Waals surface area contributed by atoms with Gasteiger partial charge in [0.05, 0.1) is 73.6 Å². The Morgan fingerprint density at radius 3 is 1.24 bits per heavy atom. The molecule has 0 amide bonds. The van der Waals surface area contributed by atoms with Gasteiger partial charge in [-0.2, -0.15) is 0 Å². The van der Waals surface area contributed by atoms with Crippen molar-refractivity contribution in [2.75, 3.05) is 46.5 Å². The number of hydrogen-bond acceptors (Lipinski definition) is 15. The van der Waals surface area contributed by atoms with Crippen LogP contribution >= 0.6 is 15.2 Å². The molecular formula is C52H92N2O13P2Si. The van der Waals surface area contributed by atoms with Gasteiger partial charge in [0.15, 0.2) is 8.32 Å². The van der Waals surface area contributed by atoms with Crippen LogP contribution in [0.25, 0.3) is 0 Å². The number of nitrogens with zero attached hydrogens (tertiary/aromatic N) is 2. The molecule has 402 valence electrons. The van der Waals surface area contributed by atoms with E-state index in [0.29, 0.717) is 42.3 Å². The van der Waals surface area contributed by atoms with Crippen LogP contribution in [0.2, 0.25) is 19.6 Å². The zero-order chi connectivity index (χ0) is 53.1. The summed E-state index contributed by atoms with van der Waals surface area (Å²) >= 11 is 0. The Morgan fingerprint density at radius 1 is 0.600 bits per heavy atom. The average Bonchev–Trinajstić information content (AvgIpc) is 3.19. The number of fused-ring (bicyclic) bond motifs is 2. The molecule has 4 unspecified atom stereocenters. The number of methoxy groups -OCH3 is 2. The van der Waals surface area contributed by atoms with Crippen LogP contribution in [0.5, 0.6) is 23.0 Å². The molecule has 70 heavy (non-hydrogen) atoms. The highest BCUT2D eigenvalue weighted by Gasteiger charge is 2.45. The summed E-state index contributed by atoms with van der Waals surface area (Å²) in [6, 6.07) is 6.92. The first-order chi connectivity index (χ1) is 31.9. The van der Waals surface area contributed by atoms with Gasteiger partial charge in [-0.25, -0.2) is 0 Å². The smallest absolute Gasteiger partial charge is 0.345 e. The fourth-order valence-corrected chi connectivity index (χ4v) is 14.4. The van der Waals surface area contributed by atoms with E-state index >= 15 is 9.13 Å². The van der Waals surface area contributed by atoms with E-state index in [0.717, 1.165) is 22.3 Å². The van der Waals surface area contributed by atoms with E-state index in [1.54, 1.807) is 14.2 Å². The summed E-state index contributed by atoms with van der Waals surface area (Å²) < 4.78 is 102. The van der Waals surface area contributed by atoms with Crippen molar-refractivity contribution in [3.63, 3.8) is 0 Å². The number of hydrogen-bond donors (Lipinski definition) is 0. The molecule has 0 spiro atoms. The monoisotopic (exact) mass is 1040 g/mol. The molecule has 0 fully saturated rings. The van der Waals surface area contributed by atoms with Crippen molar-refractivity contribution in [1.29, 1.82) is 0 Å². The van der Waals surface area contributed by atoms with Gasteiger partial charge in [-0.1, -0.05) is 26.8 Å². The van der Waals surface area contributed by atoms with E-state index in [9.17, 15) is 0 Å². The molecule has 0 radical (unpaired) electrons.